The van der Waals surface area contributed by atoms with E-state index in [2.05, 4.69) is 25.1 Å². The molecule has 1 aromatic rings. The van der Waals surface area contributed by atoms with Gasteiger partial charge in [0.1, 0.15) is 0 Å². The molecular weight excluding hydrogens is 160 g/mol. The summed E-state index contributed by atoms with van der Waals surface area (Å²) in [4.78, 5) is 0. The van der Waals surface area contributed by atoms with Gasteiger partial charge in [0, 0.05) is 0 Å². The molecule has 0 saturated carbocycles. The van der Waals surface area contributed by atoms with E-state index in [4.69, 9.17) is 11.5 Å². The molecule has 1 aromatic carbocycles. The molecule has 0 aromatic heterocycles. The summed E-state index contributed by atoms with van der Waals surface area (Å²) < 4.78 is 0. The minimum absolute atomic E-state index is 0.709. The highest BCUT2D eigenvalue weighted by Crippen LogP contribution is 2.14. The van der Waals surface area contributed by atoms with Gasteiger partial charge in [-0.15, -0.1) is 0 Å². The molecule has 4 N–H and O–H groups in total. The second-order valence-electron chi connectivity index (χ2n) is 3.29. The molecule has 0 spiro atoms. The summed E-state index contributed by atoms with van der Waals surface area (Å²) in [7, 11) is 0. The minimum atomic E-state index is 0.709. The van der Waals surface area contributed by atoms with Crippen LogP contribution >= 0.6 is 0 Å². The normalized spacial score (nSPS) is 10.4. The van der Waals surface area contributed by atoms with Gasteiger partial charge in [0.25, 0.3) is 0 Å². The summed E-state index contributed by atoms with van der Waals surface area (Å²) in [6.07, 6.45) is 1.92. The maximum atomic E-state index is 5.56. The third kappa shape index (κ3) is 2.54. The van der Waals surface area contributed by atoms with Crippen molar-refractivity contribution in [3.63, 3.8) is 0 Å². The van der Waals surface area contributed by atoms with Crippen LogP contribution in [0.25, 0.3) is 0 Å². The molecule has 0 fully saturated rings. The Labute approximate surface area is 79.9 Å². The van der Waals surface area contributed by atoms with Crippen LogP contribution in [0.15, 0.2) is 18.2 Å². The van der Waals surface area contributed by atoms with E-state index < -0.39 is 0 Å². The van der Waals surface area contributed by atoms with Crippen molar-refractivity contribution >= 4 is 0 Å². The average Bonchev–Trinajstić information content (AvgIpc) is 2.11. The van der Waals surface area contributed by atoms with Crippen molar-refractivity contribution in [1.29, 1.82) is 0 Å². The second-order valence-corrected chi connectivity index (χ2v) is 3.29. The Bertz CT molecular complexity index is 269. The highest BCUT2D eigenvalue weighted by Gasteiger charge is 2.03. The highest BCUT2D eigenvalue weighted by molar-refractivity contribution is 5.34. The molecule has 0 heterocycles. The van der Waals surface area contributed by atoms with E-state index in [-0.39, 0.29) is 0 Å². The van der Waals surface area contributed by atoms with Crippen molar-refractivity contribution in [3.8, 4) is 0 Å². The third-order valence-electron chi connectivity index (χ3n) is 2.32. The Morgan fingerprint density at radius 1 is 1.08 bits per heavy atom. The van der Waals surface area contributed by atoms with Crippen LogP contribution in [0.1, 0.15) is 16.7 Å². The van der Waals surface area contributed by atoms with Gasteiger partial charge in [-0.25, -0.2) is 0 Å². The molecule has 0 aliphatic heterocycles. The van der Waals surface area contributed by atoms with E-state index in [0.29, 0.717) is 13.1 Å². The first-order valence-electron chi connectivity index (χ1n) is 4.77. The Morgan fingerprint density at radius 2 is 1.77 bits per heavy atom. The summed E-state index contributed by atoms with van der Waals surface area (Å²) >= 11 is 0. The topological polar surface area (TPSA) is 52.0 Å². The predicted molar refractivity (Wildman–Crippen MR) is 56.7 cm³/mol. The summed E-state index contributed by atoms with van der Waals surface area (Å²) in [5.41, 5.74) is 15.2. The highest BCUT2D eigenvalue weighted by atomic mass is 14.5. The molecule has 0 aliphatic carbocycles. The predicted octanol–water partition coefficient (Wildman–Crippen LogP) is 0.997. The van der Waals surface area contributed by atoms with Gasteiger partial charge in [-0.1, -0.05) is 18.2 Å². The number of hydrogen-bond acceptors (Lipinski definition) is 2. The van der Waals surface area contributed by atoms with E-state index in [1.165, 1.54) is 16.7 Å². The van der Waals surface area contributed by atoms with Gasteiger partial charge in [-0.2, -0.15) is 0 Å². The van der Waals surface area contributed by atoms with E-state index in [1.807, 2.05) is 0 Å². The van der Waals surface area contributed by atoms with E-state index >= 15 is 0 Å². The van der Waals surface area contributed by atoms with E-state index in [0.717, 1.165) is 12.8 Å². The quantitative estimate of drug-likeness (QED) is 0.722. The summed E-state index contributed by atoms with van der Waals surface area (Å²) in [5, 5.41) is 0. The maximum absolute atomic E-state index is 5.56. The Hall–Kier alpha value is -0.860. The monoisotopic (exact) mass is 178 g/mol. The summed E-state index contributed by atoms with van der Waals surface area (Å²) in [6, 6.07) is 6.36. The lowest BCUT2D eigenvalue weighted by molar-refractivity contribution is 0.897. The first-order chi connectivity index (χ1) is 6.29. The van der Waals surface area contributed by atoms with Crippen LogP contribution in [0.4, 0.5) is 0 Å². The van der Waals surface area contributed by atoms with Gasteiger partial charge in [0.05, 0.1) is 0 Å². The third-order valence-corrected chi connectivity index (χ3v) is 2.32. The van der Waals surface area contributed by atoms with Crippen LogP contribution < -0.4 is 11.5 Å². The average molecular weight is 178 g/mol. The molecule has 2 nitrogen and oxygen atoms in total. The fourth-order valence-corrected chi connectivity index (χ4v) is 1.65. The molecule has 0 amide bonds. The molecule has 2 heteroatoms. The number of hydrogen-bond donors (Lipinski definition) is 2. The van der Waals surface area contributed by atoms with Crippen molar-refractivity contribution in [3.05, 3.63) is 34.9 Å². The Kier molecular flexibility index (Phi) is 3.93. The number of nitrogens with two attached hydrogens (primary N) is 2. The fourth-order valence-electron chi connectivity index (χ4n) is 1.65. The molecule has 0 unspecified atom stereocenters. The number of benzene rings is 1. The molecule has 13 heavy (non-hydrogen) atoms. The lowest BCUT2D eigenvalue weighted by Gasteiger charge is -2.10. The second kappa shape index (κ2) is 5.00. The zero-order valence-electron chi connectivity index (χ0n) is 8.22. The lowest BCUT2D eigenvalue weighted by Crippen LogP contribution is -2.10. The van der Waals surface area contributed by atoms with Crippen molar-refractivity contribution in [2.75, 3.05) is 13.1 Å². The Balaban J connectivity index is 2.95. The van der Waals surface area contributed by atoms with Crippen molar-refractivity contribution < 1.29 is 0 Å². The molecule has 0 saturated heterocycles. The van der Waals surface area contributed by atoms with Crippen molar-refractivity contribution in [2.45, 2.75) is 19.8 Å². The first kappa shape index (κ1) is 10.2. The first-order valence-corrected chi connectivity index (χ1v) is 4.77. The van der Waals surface area contributed by atoms with Crippen LogP contribution in [0.2, 0.25) is 0 Å². The van der Waals surface area contributed by atoms with E-state index in [1.54, 1.807) is 0 Å². The maximum Gasteiger partial charge on any atom is -0.00365 e. The molecule has 72 valence electrons. The van der Waals surface area contributed by atoms with Gasteiger partial charge in [-0.3, -0.25) is 0 Å². The largest absolute Gasteiger partial charge is 0.330 e. The zero-order chi connectivity index (χ0) is 9.68. The summed E-state index contributed by atoms with van der Waals surface area (Å²) in [5.74, 6) is 0. The van der Waals surface area contributed by atoms with Gasteiger partial charge in [-0.05, 0) is 49.5 Å². The van der Waals surface area contributed by atoms with E-state index in [9.17, 15) is 0 Å². The van der Waals surface area contributed by atoms with Crippen LogP contribution in [-0.2, 0) is 12.8 Å². The number of aryl methyl sites for hydroxylation is 1. The van der Waals surface area contributed by atoms with Crippen molar-refractivity contribution in [2.24, 2.45) is 11.5 Å². The minimum Gasteiger partial charge on any atom is -0.330 e. The molecule has 0 aliphatic rings. The lowest BCUT2D eigenvalue weighted by atomic mass is 9.97. The van der Waals surface area contributed by atoms with Gasteiger partial charge in [0.2, 0.25) is 0 Å². The van der Waals surface area contributed by atoms with Gasteiger partial charge < -0.3 is 11.5 Å². The Morgan fingerprint density at radius 3 is 2.38 bits per heavy atom. The standard InChI is InChI=1S/C11H18N2/c1-9-3-2-4-10(5-7-12)11(9)6-8-13/h2-4H,5-8,12-13H2,1H3. The van der Waals surface area contributed by atoms with Crippen LogP contribution in [0.3, 0.4) is 0 Å². The van der Waals surface area contributed by atoms with Gasteiger partial charge in [0.15, 0.2) is 0 Å². The smallest absolute Gasteiger partial charge is 0.00365 e. The zero-order valence-corrected chi connectivity index (χ0v) is 8.22. The van der Waals surface area contributed by atoms with Gasteiger partial charge >= 0.3 is 0 Å². The number of rotatable bonds is 4. The molecule has 0 atom stereocenters. The molecule has 0 radical (unpaired) electrons. The van der Waals surface area contributed by atoms with Crippen LogP contribution in [-0.4, -0.2) is 13.1 Å². The van der Waals surface area contributed by atoms with Crippen LogP contribution in [0, 0.1) is 6.92 Å². The molecular formula is C11H18N2. The van der Waals surface area contributed by atoms with Crippen LogP contribution in [0.5, 0.6) is 0 Å². The van der Waals surface area contributed by atoms with Crippen molar-refractivity contribution in [1.82, 2.24) is 0 Å². The molecule has 0 bridgehead atoms. The summed E-state index contributed by atoms with van der Waals surface area (Å²) in [6.45, 7) is 3.55. The fraction of sp³-hybridized carbons (Fsp3) is 0.455. The molecule has 1 rings (SSSR count). The SMILES string of the molecule is Cc1cccc(CCN)c1CCN.